The van der Waals surface area contributed by atoms with Crippen LogP contribution in [0.3, 0.4) is 0 Å². The lowest BCUT2D eigenvalue weighted by molar-refractivity contribution is -0.134. The number of hydrogen-bond donors (Lipinski definition) is 1. The Kier molecular flexibility index (Phi) is 5.22. The number of carbonyl (C=O) groups excluding carboxylic acids is 1. The van der Waals surface area contributed by atoms with E-state index in [9.17, 15) is 4.79 Å². The largest absolute Gasteiger partial charge is 0.341 e. The summed E-state index contributed by atoms with van der Waals surface area (Å²) in [6, 6.07) is 0.362. The fraction of sp³-hybridized carbons (Fsp3) is 0.933. The zero-order valence-electron chi connectivity index (χ0n) is 12.5. The van der Waals surface area contributed by atoms with Crippen LogP contribution in [0, 0.1) is 5.92 Å². The summed E-state index contributed by atoms with van der Waals surface area (Å²) >= 11 is 0. The first-order chi connectivity index (χ1) is 9.08. The van der Waals surface area contributed by atoms with Crippen molar-refractivity contribution in [2.45, 2.75) is 58.0 Å². The second-order valence-electron chi connectivity index (χ2n) is 6.42. The van der Waals surface area contributed by atoms with E-state index >= 15 is 0 Å². The van der Waals surface area contributed by atoms with E-state index in [-0.39, 0.29) is 11.9 Å². The lowest BCUT2D eigenvalue weighted by Crippen LogP contribution is -2.50. The molecule has 0 spiro atoms. The lowest BCUT2D eigenvalue weighted by atomic mass is 9.94. The summed E-state index contributed by atoms with van der Waals surface area (Å²) in [5, 5.41) is 0. The zero-order valence-corrected chi connectivity index (χ0v) is 12.5. The van der Waals surface area contributed by atoms with Gasteiger partial charge < -0.3 is 15.5 Å². The molecule has 0 aromatic carbocycles. The first-order valence-electron chi connectivity index (χ1n) is 7.86. The minimum Gasteiger partial charge on any atom is -0.341 e. The molecule has 19 heavy (non-hydrogen) atoms. The van der Waals surface area contributed by atoms with Crippen LogP contribution in [0.2, 0.25) is 0 Å². The SMILES string of the molecule is C[C@@H]1CCCCN1C[C@@H]1CCCN(C(=O)[C@@H](C)N)C1. The average Bonchev–Trinajstić information content (AvgIpc) is 2.41. The molecule has 0 aromatic rings. The van der Waals surface area contributed by atoms with Gasteiger partial charge in [0, 0.05) is 25.7 Å². The number of amides is 1. The van der Waals surface area contributed by atoms with Gasteiger partial charge >= 0.3 is 0 Å². The number of rotatable bonds is 3. The molecule has 2 fully saturated rings. The van der Waals surface area contributed by atoms with E-state index in [2.05, 4.69) is 11.8 Å². The van der Waals surface area contributed by atoms with Crippen molar-refractivity contribution in [2.75, 3.05) is 26.2 Å². The van der Waals surface area contributed by atoms with Gasteiger partial charge in [-0.05, 0) is 52.0 Å². The van der Waals surface area contributed by atoms with Crippen LogP contribution in [-0.2, 0) is 4.79 Å². The highest BCUT2D eigenvalue weighted by Crippen LogP contribution is 2.23. The van der Waals surface area contributed by atoms with Gasteiger partial charge in [-0.25, -0.2) is 0 Å². The van der Waals surface area contributed by atoms with E-state index in [4.69, 9.17) is 5.73 Å². The monoisotopic (exact) mass is 267 g/mol. The highest BCUT2D eigenvalue weighted by atomic mass is 16.2. The maximum atomic E-state index is 12.0. The zero-order chi connectivity index (χ0) is 13.8. The summed E-state index contributed by atoms with van der Waals surface area (Å²) in [6.07, 6.45) is 6.42. The molecular formula is C15H29N3O. The van der Waals surface area contributed by atoms with E-state index in [0.29, 0.717) is 12.0 Å². The predicted octanol–water partition coefficient (Wildman–Crippen LogP) is 1.45. The quantitative estimate of drug-likeness (QED) is 0.842. The maximum absolute atomic E-state index is 12.0. The third kappa shape index (κ3) is 3.93. The fourth-order valence-corrected chi connectivity index (χ4v) is 3.46. The van der Waals surface area contributed by atoms with E-state index < -0.39 is 0 Å². The third-order valence-electron chi connectivity index (χ3n) is 4.65. The molecule has 2 saturated heterocycles. The van der Waals surface area contributed by atoms with Gasteiger partial charge in [0.2, 0.25) is 5.91 Å². The highest BCUT2D eigenvalue weighted by Gasteiger charge is 2.28. The van der Waals surface area contributed by atoms with Crippen LogP contribution in [0.15, 0.2) is 0 Å². The molecule has 110 valence electrons. The van der Waals surface area contributed by atoms with Crippen LogP contribution in [0.25, 0.3) is 0 Å². The summed E-state index contributed by atoms with van der Waals surface area (Å²) in [4.78, 5) is 16.6. The van der Waals surface area contributed by atoms with Crippen molar-refractivity contribution in [1.29, 1.82) is 0 Å². The molecule has 0 radical (unpaired) electrons. The Morgan fingerprint density at radius 1 is 1.26 bits per heavy atom. The van der Waals surface area contributed by atoms with Crippen molar-refractivity contribution in [1.82, 2.24) is 9.80 Å². The number of piperidine rings is 2. The predicted molar refractivity (Wildman–Crippen MR) is 77.8 cm³/mol. The summed E-state index contributed by atoms with van der Waals surface area (Å²) in [6.45, 7) is 8.32. The molecule has 2 heterocycles. The number of carbonyl (C=O) groups is 1. The van der Waals surface area contributed by atoms with E-state index in [1.54, 1.807) is 6.92 Å². The summed E-state index contributed by atoms with van der Waals surface area (Å²) in [5.41, 5.74) is 5.72. The topological polar surface area (TPSA) is 49.6 Å². The smallest absolute Gasteiger partial charge is 0.239 e. The highest BCUT2D eigenvalue weighted by molar-refractivity contribution is 5.81. The van der Waals surface area contributed by atoms with Gasteiger partial charge in [0.25, 0.3) is 0 Å². The number of nitrogens with zero attached hydrogens (tertiary/aromatic N) is 2. The molecule has 0 bridgehead atoms. The minimum absolute atomic E-state index is 0.122. The van der Waals surface area contributed by atoms with Gasteiger partial charge in [-0.3, -0.25) is 4.79 Å². The summed E-state index contributed by atoms with van der Waals surface area (Å²) < 4.78 is 0. The Morgan fingerprint density at radius 2 is 2.05 bits per heavy atom. The number of nitrogens with two attached hydrogens (primary N) is 1. The molecule has 2 rings (SSSR count). The van der Waals surface area contributed by atoms with Gasteiger partial charge in [-0.15, -0.1) is 0 Å². The minimum atomic E-state index is -0.354. The Balaban J connectivity index is 1.85. The second kappa shape index (κ2) is 6.71. The van der Waals surface area contributed by atoms with Gasteiger partial charge in [-0.1, -0.05) is 6.42 Å². The average molecular weight is 267 g/mol. The van der Waals surface area contributed by atoms with Gasteiger partial charge in [0.05, 0.1) is 6.04 Å². The van der Waals surface area contributed by atoms with E-state index in [1.807, 2.05) is 4.90 Å². The van der Waals surface area contributed by atoms with Gasteiger partial charge in [-0.2, -0.15) is 0 Å². The first-order valence-corrected chi connectivity index (χ1v) is 7.86. The standard InChI is InChI=1S/C15H29N3O/c1-12-6-3-4-8-17(12)10-14-7-5-9-18(11-14)15(19)13(2)16/h12-14H,3-11,16H2,1-2H3/t12-,13-,14+/m1/s1. The second-order valence-corrected chi connectivity index (χ2v) is 6.42. The van der Waals surface area contributed by atoms with E-state index in [0.717, 1.165) is 26.1 Å². The van der Waals surface area contributed by atoms with Crippen LogP contribution in [0.5, 0.6) is 0 Å². The molecule has 0 saturated carbocycles. The molecule has 4 heteroatoms. The normalized spacial score (nSPS) is 31.2. The van der Waals surface area contributed by atoms with Crippen LogP contribution < -0.4 is 5.73 Å². The van der Waals surface area contributed by atoms with Crippen LogP contribution >= 0.6 is 0 Å². The Labute approximate surface area is 117 Å². The molecule has 2 aliphatic heterocycles. The lowest BCUT2D eigenvalue weighted by Gasteiger charge is -2.40. The molecule has 2 aliphatic rings. The van der Waals surface area contributed by atoms with Crippen LogP contribution in [-0.4, -0.2) is 54.0 Å². The van der Waals surface area contributed by atoms with Crippen LogP contribution in [0.1, 0.15) is 46.0 Å². The van der Waals surface area contributed by atoms with Crippen molar-refractivity contribution in [3.8, 4) is 0 Å². The van der Waals surface area contributed by atoms with Gasteiger partial charge in [0.15, 0.2) is 0 Å². The van der Waals surface area contributed by atoms with Crippen molar-refractivity contribution in [2.24, 2.45) is 11.7 Å². The Bertz CT molecular complexity index is 306. The van der Waals surface area contributed by atoms with Crippen molar-refractivity contribution in [3.05, 3.63) is 0 Å². The van der Waals surface area contributed by atoms with Crippen molar-refractivity contribution < 1.29 is 4.79 Å². The summed E-state index contributed by atoms with van der Waals surface area (Å²) in [7, 11) is 0. The molecule has 0 aliphatic carbocycles. The number of hydrogen-bond acceptors (Lipinski definition) is 3. The molecular weight excluding hydrogens is 238 g/mol. The fourth-order valence-electron chi connectivity index (χ4n) is 3.46. The Morgan fingerprint density at radius 3 is 2.74 bits per heavy atom. The van der Waals surface area contributed by atoms with Crippen LogP contribution in [0.4, 0.5) is 0 Å². The molecule has 2 N–H and O–H groups in total. The molecule has 4 nitrogen and oxygen atoms in total. The molecule has 0 aromatic heterocycles. The van der Waals surface area contributed by atoms with Crippen molar-refractivity contribution >= 4 is 5.91 Å². The molecule has 0 unspecified atom stereocenters. The first kappa shape index (κ1) is 14.8. The van der Waals surface area contributed by atoms with E-state index in [1.165, 1.54) is 32.2 Å². The maximum Gasteiger partial charge on any atom is 0.239 e. The Hall–Kier alpha value is -0.610. The van der Waals surface area contributed by atoms with Gasteiger partial charge in [0.1, 0.15) is 0 Å². The van der Waals surface area contributed by atoms with Crippen molar-refractivity contribution in [3.63, 3.8) is 0 Å². The third-order valence-corrected chi connectivity index (χ3v) is 4.65. The molecule has 1 amide bonds. The number of likely N-dealkylation sites (tertiary alicyclic amines) is 2. The summed E-state index contributed by atoms with van der Waals surface area (Å²) in [5.74, 6) is 0.758. The molecule has 3 atom stereocenters.